The first kappa shape index (κ1) is 96.5. The SMILES string of the molecule is COc1ccc(CNC(=O)C(=O)[C@@H]2CC(F)(F)CN2C(=O)[C@@H]2C[C@@H](CC(=O)NCc3ccc(CC(=O)NCCOCCOCCC(=O)N[C@@H](Cc4ccc(OC5=C(/C=C/C6=[N+](CCCCS(=O)(=O)O)c7ccc(S(=O)(=O)O)cc7C6(C)C)CCC/C5=C\C=C5\N(CCCCS(=O)(=O)[O-])c6ccc(S(=O)(=O)O)cc6C5(C)C)cc4)C(=O)O)cc3)C(=O)N2)c(OC)c1. The maximum absolute atomic E-state index is 14.8. The van der Waals surface area contributed by atoms with Gasteiger partial charge in [0.05, 0.1) is 84.7 Å². The van der Waals surface area contributed by atoms with Crippen LogP contribution >= 0.6 is 0 Å². The minimum absolute atomic E-state index is 0.00448. The number of amides is 6. The average molecular weight is 1820 g/mol. The molecule has 125 heavy (non-hydrogen) atoms. The molecule has 676 valence electrons. The van der Waals surface area contributed by atoms with Crippen molar-refractivity contribution in [1.29, 1.82) is 0 Å². The predicted octanol–water partition coefficient (Wildman–Crippen LogP) is 6.77. The molecule has 4 heterocycles. The molecule has 40 heteroatoms. The monoisotopic (exact) mass is 1820 g/mol. The summed E-state index contributed by atoms with van der Waals surface area (Å²) in [5.74, 6) is -11.1. The molecule has 0 aromatic heterocycles. The van der Waals surface area contributed by atoms with Crippen molar-refractivity contribution in [2.45, 2.75) is 169 Å². The highest BCUT2D eigenvalue weighted by Crippen LogP contribution is 2.50. The summed E-state index contributed by atoms with van der Waals surface area (Å²) < 4.78 is 198. The summed E-state index contributed by atoms with van der Waals surface area (Å²) in [6.45, 7) is 6.85. The van der Waals surface area contributed by atoms with E-state index in [4.69, 9.17) is 23.7 Å². The van der Waals surface area contributed by atoms with Crippen molar-refractivity contribution in [3.63, 3.8) is 0 Å². The van der Waals surface area contributed by atoms with Crippen molar-refractivity contribution in [3.8, 4) is 17.2 Å². The molecule has 6 amide bonds. The van der Waals surface area contributed by atoms with Crippen LogP contribution in [0.1, 0.15) is 132 Å². The van der Waals surface area contributed by atoms with Crippen molar-refractivity contribution in [1.82, 2.24) is 31.5 Å². The van der Waals surface area contributed by atoms with Crippen LogP contribution in [0.4, 0.5) is 20.2 Å². The number of carboxylic acid groups (broad SMARTS) is 1. The van der Waals surface area contributed by atoms with Gasteiger partial charge in [-0.05, 0) is 159 Å². The van der Waals surface area contributed by atoms with E-state index in [1.54, 1.807) is 78.9 Å². The molecular weight excluding hydrogens is 1720 g/mol. The number of hydrogen-bond acceptors (Lipinski definition) is 23. The molecule has 5 aromatic carbocycles. The summed E-state index contributed by atoms with van der Waals surface area (Å²) in [5, 5.41) is 23.1. The van der Waals surface area contributed by atoms with E-state index >= 15 is 0 Å². The zero-order valence-electron chi connectivity index (χ0n) is 69.6. The Labute approximate surface area is 723 Å². The molecule has 4 atom stereocenters. The number of aliphatic carboxylic acids is 1. The standard InChI is InChI=1S/C85H102F2N8O26S4/c1-83(2)64-47-62(124(111,112)113)26-28-68(64)93(34-7-9-40-122(105,106)107)72(83)30-21-56-12-11-13-57(22-31-73-84(3,4)65-48-63(125(114,115)116)27-29-69(65)94(73)35-8-10-41-123(108,109)110)78(56)121-60-23-18-53(19-24-60)42-67(82(103)104)91-74(96)32-36-119-38-39-120-37-33-88-75(97)43-54-14-16-55(17-15-54)50-89-76(98)45-59-44-66(92-79(59)100)81(102)95-52-85(86,87)49-70(95)77(99)80(101)90-51-58-20-25-61(117-5)46-71(58)118-6/h14-31,46-48,59,66-67,70H,7-13,32-45,49-52H2,1-6H3,(H9-,88,89,90,91,92,96,97,98,100,101,103,104,105,106,107,108,109,110,111,112,113,114,115,116)/t59-,66-,67-,70-/m0/s1. The second-order valence-corrected chi connectivity index (χ2v) is 37.9. The molecular formula is C85H102F2N8O26S4. The Bertz CT molecular complexity index is 5580. The summed E-state index contributed by atoms with van der Waals surface area (Å²) in [6, 6.07) is 21.8. The minimum Gasteiger partial charge on any atom is -0.748 e. The Hall–Kier alpha value is -10.7. The number of alkyl halides is 2. The summed E-state index contributed by atoms with van der Waals surface area (Å²) in [5.41, 5.74) is 5.27. The number of Topliss-reactive ketones (excluding diaryl/α,β-unsaturated/α-hetero) is 1. The smallest absolute Gasteiger partial charge is 0.326 e. The van der Waals surface area contributed by atoms with Crippen molar-refractivity contribution < 1.29 is 132 Å². The molecule has 0 saturated carbocycles. The first-order chi connectivity index (χ1) is 58.8. The number of carbonyl (C=O) groups excluding carboxylic acids is 7. The number of rotatable bonds is 43. The highest BCUT2D eigenvalue weighted by molar-refractivity contribution is 7.86. The number of fused-ring (bicyclic) bond motifs is 2. The van der Waals surface area contributed by atoms with Crippen molar-refractivity contribution in [3.05, 3.63) is 183 Å². The lowest BCUT2D eigenvalue weighted by molar-refractivity contribution is -0.438. The highest BCUT2D eigenvalue weighted by Gasteiger charge is 2.54. The minimum atomic E-state index is -4.65. The van der Waals surface area contributed by atoms with Gasteiger partial charge in [-0.25, -0.2) is 22.0 Å². The number of likely N-dealkylation sites (tertiary alicyclic amines) is 1. The van der Waals surface area contributed by atoms with Gasteiger partial charge in [-0.3, -0.25) is 47.2 Å². The number of anilines is 1. The lowest BCUT2D eigenvalue weighted by atomic mass is 9.81. The van der Waals surface area contributed by atoms with Crippen LogP contribution in [0, 0.1) is 5.92 Å². The van der Waals surface area contributed by atoms with Crippen LogP contribution in [0.2, 0.25) is 0 Å². The average Bonchev–Trinajstić information content (AvgIpc) is 1.59. The second kappa shape index (κ2) is 41.2. The Kier molecular flexibility index (Phi) is 31.8. The third kappa shape index (κ3) is 26.0. The quantitative estimate of drug-likeness (QED) is 0.00840. The number of carboxylic acids is 1. The topological polar surface area (TPSA) is 493 Å². The van der Waals surface area contributed by atoms with Crippen LogP contribution in [0.5, 0.6) is 17.2 Å². The van der Waals surface area contributed by atoms with Gasteiger partial charge in [-0.1, -0.05) is 56.3 Å². The van der Waals surface area contributed by atoms with Gasteiger partial charge in [0.2, 0.25) is 41.0 Å². The fourth-order valence-electron chi connectivity index (χ4n) is 15.7. The molecule has 1 aliphatic carbocycles. The molecule has 2 fully saturated rings. The van der Waals surface area contributed by atoms with E-state index in [0.717, 1.165) is 0 Å². The van der Waals surface area contributed by atoms with Gasteiger partial charge >= 0.3 is 5.97 Å². The lowest BCUT2D eigenvalue weighted by Gasteiger charge is -2.28. The van der Waals surface area contributed by atoms with E-state index in [0.29, 0.717) is 114 Å². The highest BCUT2D eigenvalue weighted by atomic mass is 32.2. The van der Waals surface area contributed by atoms with Gasteiger partial charge in [-0.15, -0.1) is 0 Å². The lowest BCUT2D eigenvalue weighted by Crippen LogP contribution is -2.51. The number of ether oxygens (including phenoxy) is 5. The van der Waals surface area contributed by atoms with Gasteiger partial charge < -0.3 is 69.7 Å². The summed E-state index contributed by atoms with van der Waals surface area (Å²) >= 11 is 0. The molecule has 9 N–H and O–H groups in total. The molecule has 0 radical (unpaired) electrons. The van der Waals surface area contributed by atoms with Crippen LogP contribution in [0.15, 0.2) is 160 Å². The molecule has 4 aliphatic heterocycles. The number of nitrogens with zero attached hydrogens (tertiary/aromatic N) is 3. The largest absolute Gasteiger partial charge is 0.748 e. The maximum Gasteiger partial charge on any atom is 0.326 e. The Balaban J connectivity index is 0.693. The van der Waals surface area contributed by atoms with Gasteiger partial charge in [-0.2, -0.15) is 29.8 Å². The van der Waals surface area contributed by atoms with Gasteiger partial charge in [0.15, 0.2) is 5.71 Å². The number of hydrogen-bond donors (Lipinski definition) is 9. The summed E-state index contributed by atoms with van der Waals surface area (Å²) in [6.07, 6.45) is 7.46. The van der Waals surface area contributed by atoms with E-state index in [-0.39, 0.29) is 133 Å². The van der Waals surface area contributed by atoms with Crippen molar-refractivity contribution in [2.75, 3.05) is 83.2 Å². The van der Waals surface area contributed by atoms with Crippen molar-refractivity contribution >= 4 is 105 Å². The number of carbonyl (C=O) groups is 8. The molecule has 34 nitrogen and oxygen atoms in total. The predicted molar refractivity (Wildman–Crippen MR) is 449 cm³/mol. The van der Waals surface area contributed by atoms with Crippen LogP contribution in [0.3, 0.4) is 0 Å². The summed E-state index contributed by atoms with van der Waals surface area (Å²) in [4.78, 5) is 106. The number of methoxy groups -OCH3 is 2. The van der Waals surface area contributed by atoms with Crippen LogP contribution in [-0.4, -0.2) is 222 Å². The van der Waals surface area contributed by atoms with E-state index in [9.17, 15) is 104 Å². The van der Waals surface area contributed by atoms with E-state index < -0.39 is 147 Å². The normalized spacial score (nSPS) is 18.8. The van der Waals surface area contributed by atoms with Crippen LogP contribution in [-0.2, 0) is 125 Å². The number of allylic oxidation sites excluding steroid dienone is 7. The first-order valence-corrected chi connectivity index (χ1v) is 46.3. The Morgan fingerprint density at radius 2 is 1.34 bits per heavy atom. The molecule has 10 rings (SSSR count). The van der Waals surface area contributed by atoms with Gasteiger partial charge in [0.1, 0.15) is 47.7 Å². The van der Waals surface area contributed by atoms with E-state index in [1.165, 1.54) is 38.5 Å². The van der Waals surface area contributed by atoms with Crippen LogP contribution < -0.4 is 45.7 Å². The first-order valence-electron chi connectivity index (χ1n) is 40.3. The third-order valence-electron chi connectivity index (χ3n) is 22.2. The number of ketones is 1. The molecule has 0 unspecified atom stereocenters. The zero-order valence-corrected chi connectivity index (χ0v) is 72.9. The fraction of sp³-hybridized carbons (Fsp3) is 0.447. The Morgan fingerprint density at radius 1 is 0.688 bits per heavy atom. The maximum atomic E-state index is 14.8. The van der Waals surface area contributed by atoms with Gasteiger partial charge in [0, 0.05) is 116 Å². The Morgan fingerprint density at radius 3 is 2.01 bits per heavy atom. The number of nitrogens with one attached hydrogen (secondary N) is 5. The molecule has 2 saturated heterocycles. The number of unbranched alkanes of at least 4 members (excludes halogenated alkanes) is 2. The molecule has 5 aliphatic rings. The molecule has 0 spiro atoms. The second-order valence-electron chi connectivity index (χ2n) is 32.0. The zero-order chi connectivity index (χ0) is 91.2. The molecule has 0 bridgehead atoms. The number of halogens is 2. The third-order valence-corrected chi connectivity index (χ3v) is 25.5. The van der Waals surface area contributed by atoms with Crippen LogP contribution in [0.25, 0.3) is 0 Å². The summed E-state index contributed by atoms with van der Waals surface area (Å²) in [7, 11) is -15.3. The van der Waals surface area contributed by atoms with E-state index in [1.807, 2.05) is 61.5 Å². The van der Waals surface area contributed by atoms with E-state index in [2.05, 4.69) is 26.6 Å². The number of benzene rings is 5. The molecule has 5 aromatic rings. The van der Waals surface area contributed by atoms with Gasteiger partial charge in [0.25, 0.3) is 42.2 Å². The fourth-order valence-corrected chi connectivity index (χ4v) is 17.8. The van der Waals surface area contributed by atoms with Crippen molar-refractivity contribution in [2.24, 2.45) is 5.92 Å².